The zero-order valence-electron chi connectivity index (χ0n) is 11.1. The molecule has 1 aromatic carbocycles. The average Bonchev–Trinajstić information content (AvgIpc) is 2.29. The van der Waals surface area contributed by atoms with Gasteiger partial charge < -0.3 is 5.32 Å². The minimum atomic E-state index is -3.17. The molecular formula is C13H21NO2S. The van der Waals surface area contributed by atoms with Crippen LogP contribution in [0.15, 0.2) is 29.2 Å². The van der Waals surface area contributed by atoms with Crippen LogP contribution in [0.4, 0.5) is 0 Å². The van der Waals surface area contributed by atoms with Crippen LogP contribution in [0.5, 0.6) is 0 Å². The van der Waals surface area contributed by atoms with Crippen molar-refractivity contribution in [3.05, 3.63) is 29.8 Å². The molecule has 0 amide bonds. The van der Waals surface area contributed by atoms with Crippen LogP contribution in [-0.4, -0.2) is 20.7 Å². The highest BCUT2D eigenvalue weighted by atomic mass is 32.2. The predicted molar refractivity (Wildman–Crippen MR) is 70.8 cm³/mol. The molecule has 0 aliphatic carbocycles. The Morgan fingerprint density at radius 3 is 1.94 bits per heavy atom. The summed E-state index contributed by atoms with van der Waals surface area (Å²) in [4.78, 5) is 0.392. The fourth-order valence-corrected chi connectivity index (χ4v) is 2.54. The van der Waals surface area contributed by atoms with Gasteiger partial charge in [0.25, 0.3) is 0 Å². The van der Waals surface area contributed by atoms with Crippen molar-refractivity contribution in [1.29, 1.82) is 0 Å². The maximum Gasteiger partial charge on any atom is 0.180 e. The van der Waals surface area contributed by atoms with Crippen LogP contribution in [0, 0.1) is 0 Å². The van der Waals surface area contributed by atoms with Crippen molar-refractivity contribution in [1.82, 2.24) is 5.32 Å². The van der Waals surface area contributed by atoms with Crippen molar-refractivity contribution in [2.75, 3.05) is 7.05 Å². The fourth-order valence-electron chi connectivity index (χ4n) is 1.48. The van der Waals surface area contributed by atoms with Gasteiger partial charge in [-0.15, -0.1) is 0 Å². The number of hydrogen-bond acceptors (Lipinski definition) is 3. The average molecular weight is 255 g/mol. The third-order valence-electron chi connectivity index (χ3n) is 3.15. The smallest absolute Gasteiger partial charge is 0.180 e. The predicted octanol–water partition coefficient (Wildman–Crippen LogP) is 2.32. The summed E-state index contributed by atoms with van der Waals surface area (Å²) in [6.45, 7) is 7.50. The lowest BCUT2D eigenvalue weighted by atomic mass is 9.95. The summed E-state index contributed by atoms with van der Waals surface area (Å²) in [7, 11) is -1.28. The number of nitrogens with one attached hydrogen (secondary N) is 1. The quantitative estimate of drug-likeness (QED) is 0.898. The Bertz CT molecular complexity index is 473. The first kappa shape index (κ1) is 14.2. The first-order valence-electron chi connectivity index (χ1n) is 5.75. The van der Waals surface area contributed by atoms with Crippen LogP contribution < -0.4 is 5.32 Å². The molecule has 0 spiro atoms. The number of benzene rings is 1. The zero-order valence-corrected chi connectivity index (χ0v) is 11.9. The molecule has 4 heteroatoms. The second kappa shape index (κ2) is 4.78. The number of sulfone groups is 1. The van der Waals surface area contributed by atoms with Gasteiger partial charge in [0.1, 0.15) is 0 Å². The van der Waals surface area contributed by atoms with Gasteiger partial charge in [0.05, 0.1) is 10.1 Å². The largest absolute Gasteiger partial charge is 0.311 e. The molecule has 0 heterocycles. The summed E-state index contributed by atoms with van der Waals surface area (Å²) in [5.74, 6) is 0. The minimum absolute atomic E-state index is 0.153. The van der Waals surface area contributed by atoms with Gasteiger partial charge >= 0.3 is 0 Å². The molecule has 0 unspecified atom stereocenters. The number of hydrogen-bond donors (Lipinski definition) is 1. The molecule has 17 heavy (non-hydrogen) atoms. The van der Waals surface area contributed by atoms with E-state index >= 15 is 0 Å². The van der Waals surface area contributed by atoms with E-state index in [-0.39, 0.29) is 10.8 Å². The second-order valence-electron chi connectivity index (χ2n) is 4.99. The SMILES string of the molecule is CNC(C)(C)c1ccc(S(=O)(=O)C(C)C)cc1. The van der Waals surface area contributed by atoms with Crippen LogP contribution >= 0.6 is 0 Å². The van der Waals surface area contributed by atoms with Crippen LogP contribution in [0.3, 0.4) is 0 Å². The highest BCUT2D eigenvalue weighted by Crippen LogP contribution is 2.22. The van der Waals surface area contributed by atoms with Gasteiger partial charge in [0.15, 0.2) is 9.84 Å². The lowest BCUT2D eigenvalue weighted by Crippen LogP contribution is -2.33. The van der Waals surface area contributed by atoms with Crippen LogP contribution in [0.1, 0.15) is 33.3 Å². The molecule has 0 aromatic heterocycles. The highest BCUT2D eigenvalue weighted by Gasteiger charge is 2.21. The van der Waals surface area contributed by atoms with E-state index in [1.807, 2.05) is 19.2 Å². The van der Waals surface area contributed by atoms with Crippen molar-refractivity contribution in [2.45, 2.75) is 43.4 Å². The monoisotopic (exact) mass is 255 g/mol. The molecule has 1 rings (SSSR count). The molecule has 1 aromatic rings. The van der Waals surface area contributed by atoms with E-state index in [1.54, 1.807) is 26.0 Å². The Morgan fingerprint density at radius 1 is 1.12 bits per heavy atom. The summed E-state index contributed by atoms with van der Waals surface area (Å²) in [6, 6.07) is 7.10. The van der Waals surface area contributed by atoms with E-state index in [0.29, 0.717) is 4.90 Å². The third-order valence-corrected chi connectivity index (χ3v) is 5.32. The Labute approximate surface area is 104 Å². The highest BCUT2D eigenvalue weighted by molar-refractivity contribution is 7.92. The van der Waals surface area contributed by atoms with Crippen molar-refractivity contribution < 1.29 is 8.42 Å². The first-order valence-corrected chi connectivity index (χ1v) is 7.30. The van der Waals surface area contributed by atoms with Crippen LogP contribution in [0.2, 0.25) is 0 Å². The van der Waals surface area contributed by atoms with Crippen molar-refractivity contribution in [2.24, 2.45) is 0 Å². The molecule has 0 aliphatic heterocycles. The Morgan fingerprint density at radius 2 is 1.59 bits per heavy atom. The molecule has 0 aliphatic rings. The Hall–Kier alpha value is -0.870. The van der Waals surface area contributed by atoms with E-state index < -0.39 is 9.84 Å². The second-order valence-corrected chi connectivity index (χ2v) is 7.50. The van der Waals surface area contributed by atoms with Gasteiger partial charge in [-0.3, -0.25) is 0 Å². The Kier molecular flexibility index (Phi) is 3.99. The van der Waals surface area contributed by atoms with Gasteiger partial charge in [0, 0.05) is 5.54 Å². The minimum Gasteiger partial charge on any atom is -0.311 e. The van der Waals surface area contributed by atoms with E-state index in [0.717, 1.165) is 5.56 Å². The van der Waals surface area contributed by atoms with Crippen molar-refractivity contribution in [3.8, 4) is 0 Å². The summed E-state index contributed by atoms with van der Waals surface area (Å²) in [5, 5.41) is 2.81. The molecule has 0 atom stereocenters. The summed E-state index contributed by atoms with van der Waals surface area (Å²) in [6.07, 6.45) is 0. The maximum absolute atomic E-state index is 11.9. The van der Waals surface area contributed by atoms with Gasteiger partial charge in [0.2, 0.25) is 0 Å². The molecular weight excluding hydrogens is 234 g/mol. The van der Waals surface area contributed by atoms with Gasteiger partial charge in [-0.25, -0.2) is 8.42 Å². The van der Waals surface area contributed by atoms with E-state index in [9.17, 15) is 8.42 Å². The third kappa shape index (κ3) is 2.87. The van der Waals surface area contributed by atoms with E-state index in [4.69, 9.17) is 0 Å². The Balaban J connectivity index is 3.14. The zero-order chi connectivity index (χ0) is 13.3. The van der Waals surface area contributed by atoms with Crippen LogP contribution in [-0.2, 0) is 15.4 Å². The van der Waals surface area contributed by atoms with Crippen LogP contribution in [0.25, 0.3) is 0 Å². The molecule has 0 fully saturated rings. The standard InChI is InChI=1S/C13H21NO2S/c1-10(2)17(15,16)12-8-6-11(7-9-12)13(3,4)14-5/h6-10,14H,1-5H3. The molecule has 3 nitrogen and oxygen atoms in total. The maximum atomic E-state index is 11.9. The molecule has 0 radical (unpaired) electrons. The summed E-state index contributed by atoms with van der Waals surface area (Å²) in [5.41, 5.74) is 0.919. The van der Waals surface area contributed by atoms with Gasteiger partial charge in [-0.1, -0.05) is 12.1 Å². The molecule has 0 saturated heterocycles. The fraction of sp³-hybridized carbons (Fsp3) is 0.538. The molecule has 0 bridgehead atoms. The summed E-state index contributed by atoms with van der Waals surface area (Å²) < 4.78 is 23.9. The molecule has 96 valence electrons. The van der Waals surface area contributed by atoms with Crippen molar-refractivity contribution in [3.63, 3.8) is 0 Å². The lowest BCUT2D eigenvalue weighted by Gasteiger charge is -2.24. The van der Waals surface area contributed by atoms with E-state index in [1.165, 1.54) is 0 Å². The lowest BCUT2D eigenvalue weighted by molar-refractivity contribution is 0.444. The van der Waals surface area contributed by atoms with Gasteiger partial charge in [-0.2, -0.15) is 0 Å². The molecule has 1 N–H and O–H groups in total. The van der Waals surface area contributed by atoms with Crippen molar-refractivity contribution >= 4 is 9.84 Å². The normalized spacial score (nSPS) is 13.1. The topological polar surface area (TPSA) is 46.2 Å². The first-order chi connectivity index (χ1) is 7.71. The van der Waals surface area contributed by atoms with Gasteiger partial charge in [-0.05, 0) is 52.4 Å². The molecule has 0 saturated carbocycles. The van der Waals surface area contributed by atoms with E-state index in [2.05, 4.69) is 19.2 Å². The summed E-state index contributed by atoms with van der Waals surface area (Å²) >= 11 is 0. The number of rotatable bonds is 4.